The molecule has 2 amide bonds. The zero-order valence-electron chi connectivity index (χ0n) is 14.2. The van der Waals surface area contributed by atoms with Gasteiger partial charge in [-0.25, -0.2) is 13.5 Å². The van der Waals surface area contributed by atoms with E-state index in [-0.39, 0.29) is 17.9 Å². The van der Waals surface area contributed by atoms with Gasteiger partial charge in [0, 0.05) is 5.69 Å². The summed E-state index contributed by atoms with van der Waals surface area (Å²) in [4.78, 5) is 24.4. The Morgan fingerprint density at radius 2 is 1.74 bits per heavy atom. The number of aromatic nitrogens is 3. The molecule has 138 valence electrons. The number of nitrogens with zero attached hydrogens (tertiary/aromatic N) is 3. The van der Waals surface area contributed by atoms with Gasteiger partial charge in [0.25, 0.3) is 5.91 Å². The number of anilines is 2. The minimum absolute atomic E-state index is 0.0190. The smallest absolute Gasteiger partial charge is 0.278 e. The lowest BCUT2D eigenvalue weighted by atomic mass is 10.2. The molecule has 0 radical (unpaired) electrons. The maximum atomic E-state index is 13.6. The summed E-state index contributed by atoms with van der Waals surface area (Å²) in [5.74, 6) is -2.04. The molecule has 1 aromatic heterocycles. The zero-order valence-corrected chi connectivity index (χ0v) is 14.2. The average molecular weight is 371 g/mol. The Labute approximate surface area is 153 Å². The molecule has 9 heteroatoms. The Kier molecular flexibility index (Phi) is 5.20. The van der Waals surface area contributed by atoms with Crippen LogP contribution in [0.5, 0.6) is 0 Å². The second-order valence-corrected chi connectivity index (χ2v) is 5.67. The summed E-state index contributed by atoms with van der Waals surface area (Å²) in [6, 6.07) is 11.0. The number of benzene rings is 2. The van der Waals surface area contributed by atoms with Crippen LogP contribution in [-0.4, -0.2) is 26.8 Å². The van der Waals surface area contributed by atoms with Gasteiger partial charge in [0.1, 0.15) is 18.2 Å². The van der Waals surface area contributed by atoms with Crippen LogP contribution in [0.25, 0.3) is 0 Å². The second kappa shape index (κ2) is 7.73. The van der Waals surface area contributed by atoms with Crippen molar-refractivity contribution in [1.29, 1.82) is 0 Å². The molecule has 0 saturated heterocycles. The highest BCUT2D eigenvalue weighted by Gasteiger charge is 2.19. The van der Waals surface area contributed by atoms with Crippen molar-refractivity contribution in [3.05, 3.63) is 71.6 Å². The predicted octanol–water partition coefficient (Wildman–Crippen LogP) is 2.76. The molecule has 0 atom stereocenters. The van der Waals surface area contributed by atoms with Gasteiger partial charge < -0.3 is 10.6 Å². The predicted molar refractivity (Wildman–Crippen MR) is 94.1 cm³/mol. The molecule has 7 nitrogen and oxygen atoms in total. The Morgan fingerprint density at radius 3 is 2.44 bits per heavy atom. The molecule has 1 heterocycles. The van der Waals surface area contributed by atoms with E-state index in [1.165, 1.54) is 47.1 Å². The maximum Gasteiger partial charge on any atom is 0.278 e. The average Bonchev–Trinajstić information content (AvgIpc) is 2.99. The third-order valence-corrected chi connectivity index (χ3v) is 3.74. The van der Waals surface area contributed by atoms with Crippen molar-refractivity contribution in [2.75, 3.05) is 10.6 Å². The van der Waals surface area contributed by atoms with Gasteiger partial charge in [-0.1, -0.05) is 17.3 Å². The standard InChI is InChI=1S/C18H15F2N5O2/c1-11-17(18(27)22-15-5-3-2-4-14(15)20)23-24-25(11)10-16(26)21-13-8-6-12(19)7-9-13/h2-9H,10H2,1H3,(H,21,26)(H,22,27). The van der Waals surface area contributed by atoms with Crippen molar-refractivity contribution in [2.24, 2.45) is 0 Å². The van der Waals surface area contributed by atoms with E-state index in [2.05, 4.69) is 20.9 Å². The van der Waals surface area contributed by atoms with Crippen LogP contribution in [-0.2, 0) is 11.3 Å². The van der Waals surface area contributed by atoms with Gasteiger partial charge in [-0.2, -0.15) is 0 Å². The first-order valence-electron chi connectivity index (χ1n) is 7.95. The van der Waals surface area contributed by atoms with Gasteiger partial charge in [0.2, 0.25) is 5.91 Å². The summed E-state index contributed by atoms with van der Waals surface area (Å²) in [6.45, 7) is 1.38. The fourth-order valence-electron chi connectivity index (χ4n) is 2.33. The van der Waals surface area contributed by atoms with Crippen LogP contribution in [0.15, 0.2) is 48.5 Å². The molecule has 3 aromatic rings. The normalized spacial score (nSPS) is 10.5. The fraction of sp³-hybridized carbons (Fsp3) is 0.111. The summed E-state index contributed by atoms with van der Waals surface area (Å²) >= 11 is 0. The molecule has 0 spiro atoms. The van der Waals surface area contributed by atoms with E-state index in [0.29, 0.717) is 11.4 Å². The third-order valence-electron chi connectivity index (χ3n) is 3.74. The van der Waals surface area contributed by atoms with Gasteiger partial charge in [0.15, 0.2) is 5.69 Å². The molecule has 27 heavy (non-hydrogen) atoms. The fourth-order valence-corrected chi connectivity index (χ4v) is 2.33. The van der Waals surface area contributed by atoms with E-state index in [9.17, 15) is 18.4 Å². The molecular formula is C18H15F2N5O2. The quantitative estimate of drug-likeness (QED) is 0.722. The highest BCUT2D eigenvalue weighted by molar-refractivity contribution is 6.03. The van der Waals surface area contributed by atoms with Crippen molar-refractivity contribution in [1.82, 2.24) is 15.0 Å². The first-order valence-corrected chi connectivity index (χ1v) is 7.95. The lowest BCUT2D eigenvalue weighted by Gasteiger charge is -2.07. The number of carbonyl (C=O) groups excluding carboxylic acids is 2. The number of halogens is 2. The molecule has 0 aliphatic heterocycles. The molecule has 0 saturated carbocycles. The number of nitrogens with one attached hydrogen (secondary N) is 2. The third kappa shape index (κ3) is 4.32. The van der Waals surface area contributed by atoms with Crippen LogP contribution >= 0.6 is 0 Å². The summed E-state index contributed by atoms with van der Waals surface area (Å²) < 4.78 is 27.8. The van der Waals surface area contributed by atoms with E-state index in [1.54, 1.807) is 13.0 Å². The van der Waals surface area contributed by atoms with Gasteiger partial charge in [-0.05, 0) is 43.3 Å². The topological polar surface area (TPSA) is 88.9 Å². The molecule has 2 N–H and O–H groups in total. The molecule has 0 bridgehead atoms. The maximum absolute atomic E-state index is 13.6. The Balaban J connectivity index is 1.67. The molecule has 0 unspecified atom stereocenters. The van der Waals surface area contributed by atoms with Crippen molar-refractivity contribution in [2.45, 2.75) is 13.5 Å². The zero-order chi connectivity index (χ0) is 19.4. The summed E-state index contributed by atoms with van der Waals surface area (Å²) in [5.41, 5.74) is 0.771. The van der Waals surface area contributed by atoms with Crippen LogP contribution in [0.2, 0.25) is 0 Å². The van der Waals surface area contributed by atoms with Crippen LogP contribution < -0.4 is 10.6 Å². The van der Waals surface area contributed by atoms with Crippen LogP contribution in [0.1, 0.15) is 16.2 Å². The van der Waals surface area contributed by atoms with E-state index < -0.39 is 23.4 Å². The highest BCUT2D eigenvalue weighted by atomic mass is 19.1. The largest absolute Gasteiger partial charge is 0.324 e. The second-order valence-electron chi connectivity index (χ2n) is 5.67. The van der Waals surface area contributed by atoms with Crippen molar-refractivity contribution in [3.8, 4) is 0 Å². The van der Waals surface area contributed by atoms with E-state index in [0.717, 1.165) is 0 Å². The highest BCUT2D eigenvalue weighted by Crippen LogP contribution is 2.15. The Hall–Kier alpha value is -3.62. The van der Waals surface area contributed by atoms with Crippen molar-refractivity contribution < 1.29 is 18.4 Å². The van der Waals surface area contributed by atoms with Crippen molar-refractivity contribution in [3.63, 3.8) is 0 Å². The number of hydrogen-bond acceptors (Lipinski definition) is 4. The molecule has 0 fully saturated rings. The van der Waals surface area contributed by atoms with Gasteiger partial charge >= 0.3 is 0 Å². The van der Waals surface area contributed by atoms with Crippen LogP contribution in [0.4, 0.5) is 20.2 Å². The lowest BCUT2D eigenvalue weighted by Crippen LogP contribution is -2.21. The minimum Gasteiger partial charge on any atom is -0.324 e. The number of carbonyl (C=O) groups is 2. The number of para-hydroxylation sites is 1. The molecule has 0 aliphatic rings. The van der Waals surface area contributed by atoms with Gasteiger partial charge in [0.05, 0.1) is 11.4 Å². The van der Waals surface area contributed by atoms with Gasteiger partial charge in [-0.3, -0.25) is 9.59 Å². The minimum atomic E-state index is -0.636. The molecule has 2 aromatic carbocycles. The summed E-state index contributed by atoms with van der Waals surface area (Å²) in [5, 5.41) is 12.5. The van der Waals surface area contributed by atoms with Gasteiger partial charge in [-0.15, -0.1) is 5.10 Å². The Bertz CT molecular complexity index is 986. The van der Waals surface area contributed by atoms with E-state index in [4.69, 9.17) is 0 Å². The van der Waals surface area contributed by atoms with Crippen LogP contribution in [0, 0.1) is 18.6 Å². The number of hydrogen-bond donors (Lipinski definition) is 2. The summed E-state index contributed by atoms with van der Waals surface area (Å²) in [7, 11) is 0. The first-order chi connectivity index (χ1) is 12.9. The van der Waals surface area contributed by atoms with Crippen LogP contribution in [0.3, 0.4) is 0 Å². The van der Waals surface area contributed by atoms with Crippen molar-refractivity contribution >= 4 is 23.2 Å². The lowest BCUT2D eigenvalue weighted by molar-refractivity contribution is -0.117. The molecular weight excluding hydrogens is 356 g/mol. The summed E-state index contributed by atoms with van der Waals surface area (Å²) in [6.07, 6.45) is 0. The first kappa shape index (κ1) is 18.2. The number of rotatable bonds is 5. The molecule has 3 rings (SSSR count). The molecule has 0 aliphatic carbocycles. The Morgan fingerprint density at radius 1 is 1.04 bits per heavy atom. The van der Waals surface area contributed by atoms with E-state index in [1.807, 2.05) is 0 Å². The SMILES string of the molecule is Cc1c(C(=O)Nc2ccccc2F)nnn1CC(=O)Nc1ccc(F)cc1. The van der Waals surface area contributed by atoms with E-state index >= 15 is 0 Å². The number of amides is 2. The monoisotopic (exact) mass is 371 g/mol.